The third kappa shape index (κ3) is 4.49. The van der Waals surface area contributed by atoms with Crippen molar-refractivity contribution >= 4 is 33.1 Å². The van der Waals surface area contributed by atoms with Gasteiger partial charge in [-0.25, -0.2) is 0 Å². The first-order valence-corrected chi connectivity index (χ1v) is 11.5. The molecule has 0 unspecified atom stereocenters. The van der Waals surface area contributed by atoms with Gasteiger partial charge in [-0.1, -0.05) is 18.2 Å². The first-order chi connectivity index (χ1) is 15.1. The standard InChI is InChI=1S/C25H28N4OS/c1-4-28(5-2)21-10-8-19(9-11-21)17-29(18-20-7-6-13-26-16-20)25(30)23-15-24-22(27(23)3)12-14-31-24/h6-16H,4-5,17-18H2,1-3H3. The molecular formula is C25H28N4OS. The number of aryl methyl sites for hydroxylation is 1. The van der Waals surface area contributed by atoms with E-state index >= 15 is 0 Å². The molecule has 0 fully saturated rings. The van der Waals surface area contributed by atoms with Gasteiger partial charge in [-0.2, -0.15) is 0 Å². The first-order valence-electron chi connectivity index (χ1n) is 10.7. The van der Waals surface area contributed by atoms with E-state index in [9.17, 15) is 4.79 Å². The van der Waals surface area contributed by atoms with E-state index in [1.807, 2.05) is 40.9 Å². The number of hydrogen-bond donors (Lipinski definition) is 0. The molecule has 3 aromatic heterocycles. The summed E-state index contributed by atoms with van der Waals surface area (Å²) in [5, 5.41) is 2.06. The largest absolute Gasteiger partial charge is 0.372 e. The van der Waals surface area contributed by atoms with Crippen LogP contribution in [-0.2, 0) is 20.1 Å². The zero-order valence-corrected chi connectivity index (χ0v) is 19.1. The number of aromatic nitrogens is 2. The highest BCUT2D eigenvalue weighted by molar-refractivity contribution is 7.17. The molecule has 0 bridgehead atoms. The summed E-state index contributed by atoms with van der Waals surface area (Å²) < 4.78 is 3.13. The average Bonchev–Trinajstić information content (AvgIpc) is 3.38. The SMILES string of the molecule is CCN(CC)c1ccc(CN(Cc2cccnc2)C(=O)c2cc3sccc3n2C)cc1. The van der Waals surface area contributed by atoms with Crippen LogP contribution < -0.4 is 4.90 Å². The molecule has 0 saturated heterocycles. The molecule has 0 N–H and O–H groups in total. The Morgan fingerprint density at radius 1 is 1.03 bits per heavy atom. The van der Waals surface area contributed by atoms with Gasteiger partial charge < -0.3 is 14.4 Å². The maximum Gasteiger partial charge on any atom is 0.271 e. The maximum absolute atomic E-state index is 13.6. The summed E-state index contributed by atoms with van der Waals surface area (Å²) in [6.07, 6.45) is 3.58. The van der Waals surface area contributed by atoms with Gasteiger partial charge in [-0.3, -0.25) is 9.78 Å². The van der Waals surface area contributed by atoms with Crippen LogP contribution in [0.4, 0.5) is 5.69 Å². The number of fused-ring (bicyclic) bond motifs is 1. The van der Waals surface area contributed by atoms with Crippen molar-refractivity contribution in [1.29, 1.82) is 0 Å². The van der Waals surface area contributed by atoms with Crippen molar-refractivity contribution in [1.82, 2.24) is 14.5 Å². The monoisotopic (exact) mass is 432 g/mol. The van der Waals surface area contributed by atoms with E-state index in [0.29, 0.717) is 18.8 Å². The second-order valence-corrected chi connectivity index (χ2v) is 8.57. The van der Waals surface area contributed by atoms with E-state index in [1.165, 1.54) is 5.69 Å². The zero-order valence-electron chi connectivity index (χ0n) is 18.3. The predicted molar refractivity (Wildman–Crippen MR) is 129 cm³/mol. The van der Waals surface area contributed by atoms with Crippen LogP contribution in [0.2, 0.25) is 0 Å². The molecular weight excluding hydrogens is 404 g/mol. The van der Waals surface area contributed by atoms with Crippen LogP contribution in [0.15, 0.2) is 66.3 Å². The Bertz CT molecular complexity index is 1140. The fourth-order valence-electron chi connectivity index (χ4n) is 3.95. The van der Waals surface area contributed by atoms with E-state index in [-0.39, 0.29) is 5.91 Å². The van der Waals surface area contributed by atoms with Crippen molar-refractivity contribution in [2.75, 3.05) is 18.0 Å². The van der Waals surface area contributed by atoms with Crippen molar-refractivity contribution < 1.29 is 4.79 Å². The minimum Gasteiger partial charge on any atom is -0.372 e. The summed E-state index contributed by atoms with van der Waals surface area (Å²) in [6.45, 7) is 7.35. The Kier molecular flexibility index (Phi) is 6.37. The van der Waals surface area contributed by atoms with Gasteiger partial charge in [0.05, 0.1) is 10.2 Å². The molecule has 0 saturated carbocycles. The van der Waals surface area contributed by atoms with Crippen LogP contribution in [0.1, 0.15) is 35.5 Å². The lowest BCUT2D eigenvalue weighted by atomic mass is 10.1. The Morgan fingerprint density at radius 3 is 2.42 bits per heavy atom. The van der Waals surface area contributed by atoms with Crippen molar-refractivity contribution in [3.8, 4) is 0 Å². The number of pyridine rings is 1. The Hall–Kier alpha value is -3.12. The quantitative estimate of drug-likeness (QED) is 0.378. The lowest BCUT2D eigenvalue weighted by Crippen LogP contribution is -2.31. The molecule has 0 atom stereocenters. The van der Waals surface area contributed by atoms with Crippen molar-refractivity contribution in [2.45, 2.75) is 26.9 Å². The van der Waals surface area contributed by atoms with Gasteiger partial charge in [-0.15, -0.1) is 11.3 Å². The second-order valence-electron chi connectivity index (χ2n) is 7.62. The summed E-state index contributed by atoms with van der Waals surface area (Å²) in [4.78, 5) is 22.0. The van der Waals surface area contributed by atoms with Crippen molar-refractivity contribution in [3.05, 3.63) is 83.1 Å². The van der Waals surface area contributed by atoms with Crippen LogP contribution in [0, 0.1) is 0 Å². The average molecular weight is 433 g/mol. The fourth-order valence-corrected chi connectivity index (χ4v) is 4.80. The van der Waals surface area contributed by atoms with E-state index < -0.39 is 0 Å². The highest BCUT2D eigenvalue weighted by atomic mass is 32.1. The molecule has 0 aliphatic rings. The van der Waals surface area contributed by atoms with E-state index in [4.69, 9.17) is 0 Å². The van der Waals surface area contributed by atoms with Gasteiger partial charge in [0.25, 0.3) is 5.91 Å². The number of benzene rings is 1. The van der Waals surface area contributed by atoms with E-state index in [1.54, 1.807) is 17.5 Å². The molecule has 0 radical (unpaired) electrons. The van der Waals surface area contributed by atoms with Gasteiger partial charge in [0.15, 0.2) is 0 Å². The number of nitrogens with zero attached hydrogens (tertiary/aromatic N) is 4. The van der Waals surface area contributed by atoms with Crippen LogP contribution in [0.3, 0.4) is 0 Å². The van der Waals surface area contributed by atoms with Gasteiger partial charge >= 0.3 is 0 Å². The van der Waals surface area contributed by atoms with Gasteiger partial charge in [-0.05, 0) is 60.7 Å². The molecule has 5 nitrogen and oxygen atoms in total. The lowest BCUT2D eigenvalue weighted by Gasteiger charge is -2.24. The van der Waals surface area contributed by atoms with E-state index in [2.05, 4.69) is 59.4 Å². The number of carbonyl (C=O) groups is 1. The molecule has 0 spiro atoms. The number of anilines is 1. The maximum atomic E-state index is 13.6. The fraction of sp³-hybridized carbons (Fsp3) is 0.280. The Labute approximate surface area is 187 Å². The van der Waals surface area contributed by atoms with Gasteiger partial charge in [0.2, 0.25) is 0 Å². The third-order valence-corrected chi connectivity index (χ3v) is 6.56. The Morgan fingerprint density at radius 2 is 1.77 bits per heavy atom. The highest BCUT2D eigenvalue weighted by Gasteiger charge is 2.21. The number of hydrogen-bond acceptors (Lipinski definition) is 4. The molecule has 1 aromatic carbocycles. The topological polar surface area (TPSA) is 41.4 Å². The Balaban J connectivity index is 1.62. The van der Waals surface area contributed by atoms with Crippen LogP contribution in [0.5, 0.6) is 0 Å². The molecule has 6 heteroatoms. The van der Waals surface area contributed by atoms with Gasteiger partial charge in [0, 0.05) is 51.3 Å². The lowest BCUT2D eigenvalue weighted by molar-refractivity contribution is 0.0720. The zero-order chi connectivity index (χ0) is 21.8. The molecule has 0 aliphatic carbocycles. The highest BCUT2D eigenvalue weighted by Crippen LogP contribution is 2.26. The molecule has 31 heavy (non-hydrogen) atoms. The van der Waals surface area contributed by atoms with Gasteiger partial charge in [0.1, 0.15) is 5.69 Å². The van der Waals surface area contributed by atoms with Crippen LogP contribution in [-0.4, -0.2) is 33.4 Å². The summed E-state index contributed by atoms with van der Waals surface area (Å²) in [7, 11) is 1.96. The number of amides is 1. The van der Waals surface area contributed by atoms with Crippen LogP contribution >= 0.6 is 11.3 Å². The number of thiophene rings is 1. The van der Waals surface area contributed by atoms with Crippen LogP contribution in [0.25, 0.3) is 10.2 Å². The van der Waals surface area contributed by atoms with E-state index in [0.717, 1.165) is 34.4 Å². The molecule has 4 aromatic rings. The number of carbonyl (C=O) groups excluding carboxylic acids is 1. The van der Waals surface area contributed by atoms with Crippen molar-refractivity contribution in [3.63, 3.8) is 0 Å². The molecule has 4 rings (SSSR count). The third-order valence-electron chi connectivity index (χ3n) is 5.70. The number of rotatable bonds is 8. The molecule has 1 amide bonds. The summed E-state index contributed by atoms with van der Waals surface area (Å²) in [6, 6.07) is 16.5. The van der Waals surface area contributed by atoms with Crippen molar-refractivity contribution in [2.24, 2.45) is 7.05 Å². The molecule has 160 valence electrons. The summed E-state index contributed by atoms with van der Waals surface area (Å²) in [5.74, 6) is 0.0302. The minimum absolute atomic E-state index is 0.0302. The smallest absolute Gasteiger partial charge is 0.271 e. The minimum atomic E-state index is 0.0302. The predicted octanol–water partition coefficient (Wildman–Crippen LogP) is 5.32. The normalized spacial score (nSPS) is 11.1. The molecule has 3 heterocycles. The summed E-state index contributed by atoms with van der Waals surface area (Å²) >= 11 is 1.66. The summed E-state index contributed by atoms with van der Waals surface area (Å²) in [5.41, 5.74) is 5.15. The first kappa shape index (κ1) is 21.1. The molecule has 0 aliphatic heterocycles. The second kappa shape index (κ2) is 9.35.